The number of ether oxygens (including phenoxy) is 1. The summed E-state index contributed by atoms with van der Waals surface area (Å²) < 4.78 is 5.25. The Morgan fingerprint density at radius 3 is 2.50 bits per heavy atom. The van der Waals surface area contributed by atoms with E-state index in [0.29, 0.717) is 5.92 Å². The van der Waals surface area contributed by atoms with Crippen LogP contribution in [0.5, 0.6) is 0 Å². The molecule has 4 nitrogen and oxygen atoms in total. The molecular weight excluding hydrogens is 206 g/mol. The van der Waals surface area contributed by atoms with Crippen LogP contribution >= 0.6 is 0 Å². The summed E-state index contributed by atoms with van der Waals surface area (Å²) in [5.41, 5.74) is -0.415. The maximum Gasteiger partial charge on any atom is 0.410 e. The Hall–Kier alpha value is -0.770. The van der Waals surface area contributed by atoms with Crippen LogP contribution in [0, 0.1) is 5.92 Å². The van der Waals surface area contributed by atoms with Gasteiger partial charge < -0.3 is 14.7 Å². The second kappa shape index (κ2) is 5.04. The van der Waals surface area contributed by atoms with Crippen LogP contribution in [0.2, 0.25) is 0 Å². The van der Waals surface area contributed by atoms with Crippen molar-refractivity contribution in [1.82, 2.24) is 4.90 Å². The molecule has 0 aromatic rings. The molecule has 1 heterocycles. The van der Waals surface area contributed by atoms with Gasteiger partial charge in [-0.3, -0.25) is 0 Å². The highest BCUT2D eigenvalue weighted by Crippen LogP contribution is 2.23. The highest BCUT2D eigenvalue weighted by Gasteiger charge is 2.33. The predicted molar refractivity (Wildman–Crippen MR) is 62.2 cm³/mol. The van der Waals surface area contributed by atoms with Crippen LogP contribution < -0.4 is 0 Å². The Morgan fingerprint density at radius 2 is 2.06 bits per heavy atom. The number of amides is 1. The molecule has 0 aromatic carbocycles. The van der Waals surface area contributed by atoms with Crippen molar-refractivity contribution < 1.29 is 14.6 Å². The lowest BCUT2D eigenvalue weighted by Gasteiger charge is -2.40. The Morgan fingerprint density at radius 1 is 1.50 bits per heavy atom. The summed E-state index contributed by atoms with van der Waals surface area (Å²) in [5.74, 6) is 0.530. The highest BCUT2D eigenvalue weighted by molar-refractivity contribution is 5.69. The molecule has 0 aromatic heterocycles. The molecule has 0 radical (unpaired) electrons. The van der Waals surface area contributed by atoms with Gasteiger partial charge >= 0.3 is 6.09 Å². The monoisotopic (exact) mass is 229 g/mol. The van der Waals surface area contributed by atoms with Crippen LogP contribution in [0.3, 0.4) is 0 Å². The van der Waals surface area contributed by atoms with Crippen LogP contribution in [-0.4, -0.2) is 40.9 Å². The Kier molecular flexibility index (Phi) is 4.19. The molecular formula is C12H23NO3. The van der Waals surface area contributed by atoms with Crippen molar-refractivity contribution in [3.05, 3.63) is 0 Å². The second-order valence-corrected chi connectivity index (χ2v) is 5.68. The number of carbonyl (C=O) groups excluding carboxylic acids is 1. The van der Waals surface area contributed by atoms with Gasteiger partial charge in [0.1, 0.15) is 5.60 Å². The fourth-order valence-corrected chi connectivity index (χ4v) is 1.70. The molecule has 1 fully saturated rings. The third-order valence-corrected chi connectivity index (χ3v) is 2.60. The number of carbonyl (C=O) groups is 1. The van der Waals surface area contributed by atoms with Crippen molar-refractivity contribution in [1.29, 1.82) is 0 Å². The van der Waals surface area contributed by atoms with Crippen LogP contribution in [-0.2, 0) is 4.74 Å². The van der Waals surface area contributed by atoms with Gasteiger partial charge in [0.05, 0.1) is 6.10 Å². The van der Waals surface area contributed by atoms with E-state index < -0.39 is 5.60 Å². The van der Waals surface area contributed by atoms with E-state index in [1.807, 2.05) is 20.8 Å². The molecule has 94 valence electrons. The number of likely N-dealkylation sites (tertiary alicyclic amines) is 1. The molecule has 1 rings (SSSR count). The molecule has 1 atom stereocenters. The molecule has 4 heteroatoms. The standard InChI is InChI=1S/C12H23NO3/c1-9(14)5-6-10-7-13(8-10)11(15)16-12(2,3)4/h9-10,14H,5-8H2,1-4H3/t9-/m0/s1. The summed E-state index contributed by atoms with van der Waals surface area (Å²) in [5, 5.41) is 9.14. The SMILES string of the molecule is C[C@H](O)CCC1CN(C(=O)OC(C)(C)C)C1. The highest BCUT2D eigenvalue weighted by atomic mass is 16.6. The van der Waals surface area contributed by atoms with E-state index in [0.717, 1.165) is 25.9 Å². The van der Waals surface area contributed by atoms with E-state index in [2.05, 4.69) is 0 Å². The molecule has 0 aliphatic carbocycles. The van der Waals surface area contributed by atoms with Crippen LogP contribution in [0.4, 0.5) is 4.79 Å². The van der Waals surface area contributed by atoms with Crippen LogP contribution in [0.15, 0.2) is 0 Å². The number of hydrogen-bond acceptors (Lipinski definition) is 3. The number of aliphatic hydroxyl groups excluding tert-OH is 1. The Balaban J connectivity index is 2.18. The second-order valence-electron chi connectivity index (χ2n) is 5.68. The maximum atomic E-state index is 11.6. The summed E-state index contributed by atoms with van der Waals surface area (Å²) in [6.07, 6.45) is 1.33. The fraction of sp³-hybridized carbons (Fsp3) is 0.917. The summed E-state index contributed by atoms with van der Waals surface area (Å²) in [7, 11) is 0. The molecule has 1 N–H and O–H groups in total. The van der Waals surface area contributed by atoms with Crippen molar-refractivity contribution in [2.75, 3.05) is 13.1 Å². The van der Waals surface area contributed by atoms with Crippen molar-refractivity contribution >= 4 is 6.09 Å². The zero-order chi connectivity index (χ0) is 12.3. The molecule has 1 aliphatic heterocycles. The minimum atomic E-state index is -0.415. The van der Waals surface area contributed by atoms with E-state index in [4.69, 9.17) is 9.84 Å². The van der Waals surface area contributed by atoms with Crippen molar-refractivity contribution in [2.45, 2.75) is 52.2 Å². The first-order valence-corrected chi connectivity index (χ1v) is 5.94. The van der Waals surface area contributed by atoms with Gasteiger partial charge in [0.25, 0.3) is 0 Å². The smallest absolute Gasteiger partial charge is 0.410 e. The van der Waals surface area contributed by atoms with Gasteiger partial charge in [-0.2, -0.15) is 0 Å². The minimum Gasteiger partial charge on any atom is -0.444 e. The zero-order valence-electron chi connectivity index (χ0n) is 10.7. The van der Waals surface area contributed by atoms with Crippen molar-refractivity contribution in [2.24, 2.45) is 5.92 Å². The van der Waals surface area contributed by atoms with Gasteiger partial charge in [-0.1, -0.05) is 0 Å². The fourth-order valence-electron chi connectivity index (χ4n) is 1.70. The van der Waals surface area contributed by atoms with Crippen molar-refractivity contribution in [3.8, 4) is 0 Å². The first-order valence-electron chi connectivity index (χ1n) is 5.94. The lowest BCUT2D eigenvalue weighted by molar-refractivity contribution is -0.00373. The maximum absolute atomic E-state index is 11.6. The van der Waals surface area contributed by atoms with Crippen molar-refractivity contribution in [3.63, 3.8) is 0 Å². The summed E-state index contributed by atoms with van der Waals surface area (Å²) >= 11 is 0. The largest absolute Gasteiger partial charge is 0.444 e. The van der Waals surface area contributed by atoms with Crippen LogP contribution in [0.25, 0.3) is 0 Å². The summed E-state index contributed by atoms with van der Waals surface area (Å²) in [4.78, 5) is 13.3. The number of hydrogen-bond donors (Lipinski definition) is 1. The van der Waals surface area contributed by atoms with Gasteiger partial charge in [-0.15, -0.1) is 0 Å². The molecule has 0 saturated carbocycles. The molecule has 0 spiro atoms. The number of nitrogens with zero attached hydrogens (tertiary/aromatic N) is 1. The summed E-state index contributed by atoms with van der Waals surface area (Å²) in [6.45, 7) is 8.94. The lowest BCUT2D eigenvalue weighted by atomic mass is 9.94. The first kappa shape index (κ1) is 13.3. The van der Waals surface area contributed by atoms with Gasteiger partial charge in [0.2, 0.25) is 0 Å². The summed E-state index contributed by atoms with van der Waals surface area (Å²) in [6, 6.07) is 0. The number of aliphatic hydroxyl groups is 1. The van der Waals surface area contributed by atoms with E-state index in [1.165, 1.54) is 0 Å². The average molecular weight is 229 g/mol. The third-order valence-electron chi connectivity index (χ3n) is 2.60. The van der Waals surface area contributed by atoms with E-state index in [1.54, 1.807) is 11.8 Å². The Labute approximate surface area is 97.6 Å². The molecule has 1 amide bonds. The first-order chi connectivity index (χ1) is 7.28. The zero-order valence-corrected chi connectivity index (χ0v) is 10.7. The quantitative estimate of drug-likeness (QED) is 0.805. The van der Waals surface area contributed by atoms with E-state index in [9.17, 15) is 4.79 Å². The van der Waals surface area contributed by atoms with Gasteiger partial charge in [-0.25, -0.2) is 4.79 Å². The molecule has 0 unspecified atom stereocenters. The van der Waals surface area contributed by atoms with E-state index >= 15 is 0 Å². The van der Waals surface area contributed by atoms with E-state index in [-0.39, 0.29) is 12.2 Å². The van der Waals surface area contributed by atoms with Crippen LogP contribution in [0.1, 0.15) is 40.5 Å². The Bertz CT molecular complexity index is 239. The average Bonchev–Trinajstić information content (AvgIpc) is 1.96. The van der Waals surface area contributed by atoms with Gasteiger partial charge in [-0.05, 0) is 46.5 Å². The molecule has 1 aliphatic rings. The predicted octanol–water partition coefficient (Wildman–Crippen LogP) is 2.01. The third kappa shape index (κ3) is 4.39. The van der Waals surface area contributed by atoms with Gasteiger partial charge in [0.15, 0.2) is 0 Å². The molecule has 16 heavy (non-hydrogen) atoms. The minimum absolute atomic E-state index is 0.221. The van der Waals surface area contributed by atoms with Gasteiger partial charge in [0, 0.05) is 13.1 Å². The number of rotatable bonds is 3. The molecule has 0 bridgehead atoms. The normalized spacial score (nSPS) is 19.2. The molecule has 1 saturated heterocycles. The lowest BCUT2D eigenvalue weighted by Crippen LogP contribution is -2.51. The topological polar surface area (TPSA) is 49.8 Å².